The van der Waals surface area contributed by atoms with Crippen molar-refractivity contribution < 1.29 is 21.6 Å². The van der Waals surface area contributed by atoms with Crippen LogP contribution in [0.2, 0.25) is 5.02 Å². The molecule has 3 N–H and O–H groups in total. The Hall–Kier alpha value is -3.06. The van der Waals surface area contributed by atoms with E-state index in [0.717, 1.165) is 0 Å². The van der Waals surface area contributed by atoms with E-state index in [4.69, 9.17) is 11.6 Å². The van der Waals surface area contributed by atoms with Crippen LogP contribution in [0.4, 0.5) is 11.6 Å². The SMILES string of the molecule is Cc1ccnc(NS(=O)(=O)c2ccc(NC(=O)CCNS(=O)(=O)c3ccc(Cl)cc3)cc2)n1. The molecule has 0 spiro atoms. The van der Waals surface area contributed by atoms with Gasteiger partial charge in [0.25, 0.3) is 10.0 Å². The summed E-state index contributed by atoms with van der Waals surface area (Å²) < 4.78 is 54.0. The number of aryl methyl sites for hydroxylation is 1. The van der Waals surface area contributed by atoms with E-state index >= 15 is 0 Å². The lowest BCUT2D eigenvalue weighted by Gasteiger charge is -2.09. The van der Waals surface area contributed by atoms with Crippen molar-refractivity contribution in [2.45, 2.75) is 23.1 Å². The topological polar surface area (TPSA) is 147 Å². The van der Waals surface area contributed by atoms with Gasteiger partial charge < -0.3 is 5.32 Å². The summed E-state index contributed by atoms with van der Waals surface area (Å²) in [5, 5.41) is 2.99. The molecule has 0 bridgehead atoms. The number of anilines is 2. The fourth-order valence-corrected chi connectivity index (χ4v) is 4.72. The minimum atomic E-state index is -3.91. The number of hydrogen-bond donors (Lipinski definition) is 3. The number of nitrogens with zero attached hydrogens (tertiary/aromatic N) is 2. The highest BCUT2D eigenvalue weighted by Crippen LogP contribution is 2.17. The molecule has 1 aromatic heterocycles. The molecular formula is C20H20ClN5O5S2. The minimum Gasteiger partial charge on any atom is -0.326 e. The van der Waals surface area contributed by atoms with Crippen molar-refractivity contribution in [3.63, 3.8) is 0 Å². The van der Waals surface area contributed by atoms with Crippen molar-refractivity contribution in [3.8, 4) is 0 Å². The summed E-state index contributed by atoms with van der Waals surface area (Å²) in [6.07, 6.45) is 1.31. The van der Waals surface area contributed by atoms with E-state index in [2.05, 4.69) is 24.7 Å². The lowest BCUT2D eigenvalue weighted by Crippen LogP contribution is -2.27. The maximum atomic E-state index is 12.5. The number of carbonyl (C=O) groups is 1. The van der Waals surface area contributed by atoms with E-state index in [1.807, 2.05) is 0 Å². The Bertz CT molecular complexity index is 1350. The van der Waals surface area contributed by atoms with Crippen LogP contribution >= 0.6 is 11.6 Å². The number of rotatable bonds is 9. The summed E-state index contributed by atoms with van der Waals surface area (Å²) in [6.45, 7) is 1.59. The molecule has 10 nitrogen and oxygen atoms in total. The van der Waals surface area contributed by atoms with Crippen molar-refractivity contribution in [2.75, 3.05) is 16.6 Å². The van der Waals surface area contributed by atoms with Gasteiger partial charge in [-0.1, -0.05) is 11.6 Å². The van der Waals surface area contributed by atoms with Crippen molar-refractivity contribution in [2.24, 2.45) is 0 Å². The fraction of sp³-hybridized carbons (Fsp3) is 0.150. The van der Waals surface area contributed by atoms with Gasteiger partial charge in [0.15, 0.2) is 0 Å². The molecule has 0 atom stereocenters. The van der Waals surface area contributed by atoms with E-state index in [1.54, 1.807) is 13.0 Å². The number of carbonyl (C=O) groups excluding carboxylic acids is 1. The Morgan fingerprint density at radius 2 is 1.52 bits per heavy atom. The van der Waals surface area contributed by atoms with E-state index in [0.29, 0.717) is 16.4 Å². The van der Waals surface area contributed by atoms with Crippen LogP contribution in [0.3, 0.4) is 0 Å². The molecule has 1 heterocycles. The largest absolute Gasteiger partial charge is 0.326 e. The van der Waals surface area contributed by atoms with Crippen LogP contribution in [0.5, 0.6) is 0 Å². The number of sulfonamides is 2. The highest BCUT2D eigenvalue weighted by Gasteiger charge is 2.17. The molecule has 1 amide bonds. The maximum Gasteiger partial charge on any atom is 0.264 e. The quantitative estimate of drug-likeness (QED) is 0.401. The van der Waals surface area contributed by atoms with Crippen LogP contribution in [0.25, 0.3) is 0 Å². The second-order valence-corrected chi connectivity index (χ2v) is 10.7. The van der Waals surface area contributed by atoms with Crippen LogP contribution in [-0.4, -0.2) is 39.3 Å². The van der Waals surface area contributed by atoms with Crippen LogP contribution in [0, 0.1) is 6.92 Å². The van der Waals surface area contributed by atoms with Gasteiger partial charge in [-0.25, -0.2) is 36.2 Å². The first-order chi connectivity index (χ1) is 15.5. The van der Waals surface area contributed by atoms with Crippen LogP contribution in [0.15, 0.2) is 70.6 Å². The molecule has 33 heavy (non-hydrogen) atoms. The Morgan fingerprint density at radius 1 is 0.909 bits per heavy atom. The predicted octanol–water partition coefficient (Wildman–Crippen LogP) is 2.55. The first kappa shape index (κ1) is 24.6. The van der Waals surface area contributed by atoms with Gasteiger partial charge in [0, 0.05) is 35.6 Å². The number of amides is 1. The summed E-state index contributed by atoms with van der Waals surface area (Å²) >= 11 is 5.75. The van der Waals surface area contributed by atoms with Crippen molar-refractivity contribution in [1.82, 2.24) is 14.7 Å². The second kappa shape index (κ2) is 10.3. The maximum absolute atomic E-state index is 12.5. The highest BCUT2D eigenvalue weighted by molar-refractivity contribution is 7.92. The summed E-state index contributed by atoms with van der Waals surface area (Å²) in [4.78, 5) is 20.0. The summed E-state index contributed by atoms with van der Waals surface area (Å²) in [6, 6.07) is 12.7. The van der Waals surface area contributed by atoms with E-state index in [-0.39, 0.29) is 28.7 Å². The molecule has 0 saturated heterocycles. The molecular weight excluding hydrogens is 490 g/mol. The first-order valence-corrected chi connectivity index (χ1v) is 12.9. The summed E-state index contributed by atoms with van der Waals surface area (Å²) in [5.41, 5.74) is 0.961. The molecule has 0 fully saturated rings. The molecule has 0 aliphatic heterocycles. The third kappa shape index (κ3) is 6.96. The summed E-state index contributed by atoms with van der Waals surface area (Å²) in [5.74, 6) is -0.496. The zero-order valence-electron chi connectivity index (χ0n) is 17.3. The Balaban J connectivity index is 1.54. The number of halogens is 1. The molecule has 174 valence electrons. The van der Waals surface area contributed by atoms with Gasteiger partial charge in [-0.3, -0.25) is 4.79 Å². The van der Waals surface area contributed by atoms with E-state index < -0.39 is 26.0 Å². The van der Waals surface area contributed by atoms with Crippen LogP contribution in [0.1, 0.15) is 12.1 Å². The van der Waals surface area contributed by atoms with E-state index in [9.17, 15) is 21.6 Å². The molecule has 3 rings (SSSR count). The molecule has 0 saturated carbocycles. The summed E-state index contributed by atoms with van der Waals surface area (Å²) in [7, 11) is -7.68. The second-order valence-electron chi connectivity index (χ2n) is 6.80. The minimum absolute atomic E-state index is 0.0359. The monoisotopic (exact) mass is 509 g/mol. The highest BCUT2D eigenvalue weighted by atomic mass is 35.5. The van der Waals surface area contributed by atoms with Crippen molar-refractivity contribution >= 4 is 49.2 Å². The number of benzene rings is 2. The number of nitrogens with one attached hydrogen (secondary N) is 3. The third-order valence-electron chi connectivity index (χ3n) is 4.24. The van der Waals surface area contributed by atoms with Gasteiger partial charge in [0.05, 0.1) is 9.79 Å². The Morgan fingerprint density at radius 3 is 2.15 bits per heavy atom. The van der Waals surface area contributed by atoms with Gasteiger partial charge in [-0.05, 0) is 61.5 Å². The fourth-order valence-electron chi connectivity index (χ4n) is 2.61. The van der Waals surface area contributed by atoms with Gasteiger partial charge in [0.1, 0.15) is 0 Å². The first-order valence-electron chi connectivity index (χ1n) is 9.53. The normalized spacial score (nSPS) is 11.7. The molecule has 0 radical (unpaired) electrons. The lowest BCUT2D eigenvalue weighted by atomic mass is 10.3. The van der Waals surface area contributed by atoms with Gasteiger partial charge >= 0.3 is 0 Å². The molecule has 0 aliphatic carbocycles. The van der Waals surface area contributed by atoms with Gasteiger partial charge in [0.2, 0.25) is 21.9 Å². The Kier molecular flexibility index (Phi) is 7.64. The zero-order valence-corrected chi connectivity index (χ0v) is 19.7. The number of hydrogen-bond acceptors (Lipinski definition) is 7. The number of aromatic nitrogens is 2. The molecule has 0 unspecified atom stereocenters. The molecule has 0 aliphatic rings. The molecule has 13 heteroatoms. The van der Waals surface area contributed by atoms with Crippen molar-refractivity contribution in [1.29, 1.82) is 0 Å². The Labute approximate surface area is 196 Å². The zero-order chi connectivity index (χ0) is 24.1. The average Bonchev–Trinajstić information content (AvgIpc) is 2.74. The van der Waals surface area contributed by atoms with Crippen LogP contribution < -0.4 is 14.8 Å². The predicted molar refractivity (Wildman–Crippen MR) is 124 cm³/mol. The third-order valence-corrected chi connectivity index (χ3v) is 7.31. The lowest BCUT2D eigenvalue weighted by molar-refractivity contribution is -0.116. The molecule has 2 aromatic carbocycles. The van der Waals surface area contributed by atoms with Gasteiger partial charge in [-0.15, -0.1) is 0 Å². The van der Waals surface area contributed by atoms with Crippen LogP contribution in [-0.2, 0) is 24.8 Å². The molecule has 3 aromatic rings. The van der Waals surface area contributed by atoms with E-state index in [1.165, 1.54) is 54.7 Å². The van der Waals surface area contributed by atoms with Gasteiger partial charge in [-0.2, -0.15) is 0 Å². The van der Waals surface area contributed by atoms with Crippen molar-refractivity contribution in [3.05, 3.63) is 71.5 Å². The smallest absolute Gasteiger partial charge is 0.264 e. The average molecular weight is 510 g/mol. The standard InChI is InChI=1S/C20H20ClN5O5S2/c1-14-10-12-22-20(24-14)26-33(30,31)18-8-4-16(5-9-18)25-19(27)11-13-23-32(28,29)17-6-2-15(21)3-7-17/h2-10,12,23H,11,13H2,1H3,(H,25,27)(H,22,24,26).